The second-order valence-electron chi connectivity index (χ2n) is 8.88. The summed E-state index contributed by atoms with van der Waals surface area (Å²) >= 11 is 0. The van der Waals surface area contributed by atoms with Crippen LogP contribution >= 0.6 is 0 Å². The summed E-state index contributed by atoms with van der Waals surface area (Å²) in [4.78, 5) is 36.5. The molecule has 2 amide bonds. The van der Waals surface area contributed by atoms with E-state index in [1.54, 1.807) is 6.92 Å². The van der Waals surface area contributed by atoms with E-state index in [0.717, 1.165) is 27.8 Å². The first-order valence-corrected chi connectivity index (χ1v) is 12.2. The fourth-order valence-corrected chi connectivity index (χ4v) is 4.46. The van der Waals surface area contributed by atoms with E-state index in [1.165, 1.54) is 0 Å². The van der Waals surface area contributed by atoms with Gasteiger partial charge in [-0.3, -0.25) is 9.59 Å². The average Bonchev–Trinajstić information content (AvgIpc) is 3.23. The molecule has 0 saturated heterocycles. The fourth-order valence-electron chi connectivity index (χ4n) is 4.46. The number of ether oxygens (including phenoxy) is 2. The molecule has 8 nitrogen and oxygen atoms in total. The summed E-state index contributed by atoms with van der Waals surface area (Å²) in [5, 5.41) is 14.0. The highest BCUT2D eigenvalue weighted by Gasteiger charge is 2.31. The summed E-state index contributed by atoms with van der Waals surface area (Å²) in [5.74, 6) is -1.70. The van der Waals surface area contributed by atoms with Crippen molar-refractivity contribution in [3.63, 3.8) is 0 Å². The van der Waals surface area contributed by atoms with Crippen LogP contribution in [-0.2, 0) is 25.7 Å². The van der Waals surface area contributed by atoms with Gasteiger partial charge >= 0.3 is 12.1 Å². The van der Waals surface area contributed by atoms with Gasteiger partial charge in [0.1, 0.15) is 12.6 Å². The third-order valence-electron chi connectivity index (χ3n) is 6.36. The van der Waals surface area contributed by atoms with E-state index >= 15 is 0 Å². The lowest BCUT2D eigenvalue weighted by atomic mass is 9.98. The normalized spacial score (nSPS) is 13.6. The number of hydrogen-bond donors (Lipinski definition) is 3. The lowest BCUT2D eigenvalue weighted by molar-refractivity contribution is -0.137. The highest BCUT2D eigenvalue weighted by atomic mass is 16.5. The van der Waals surface area contributed by atoms with Gasteiger partial charge in [-0.15, -0.1) is 0 Å². The quantitative estimate of drug-likeness (QED) is 0.364. The molecule has 3 N–H and O–H groups in total. The molecule has 1 aliphatic rings. The second kappa shape index (κ2) is 12.2. The van der Waals surface area contributed by atoms with Gasteiger partial charge < -0.3 is 25.2 Å². The fraction of sp³-hybridized carbons (Fsp3) is 0.276. The summed E-state index contributed by atoms with van der Waals surface area (Å²) < 4.78 is 11.5. The van der Waals surface area contributed by atoms with E-state index in [1.807, 2.05) is 66.7 Å². The molecule has 4 rings (SSSR count). The number of carboxylic acid groups (broad SMARTS) is 1. The standard InChI is InChI=1S/C29H30N2O6/c1-19(36-17-20-9-3-2-4-10-20)27(28(34)30-16-15-26(32)33)31-29(35)37-18-25-23-13-7-5-11-21(23)22-12-6-8-14-24(22)25/h2-14,19,25,27H,15-18H2,1H3,(H,30,34)(H,31,35)(H,32,33)/t19-,27+/m0/s1. The van der Waals surface area contributed by atoms with Gasteiger partial charge in [0.15, 0.2) is 0 Å². The molecule has 37 heavy (non-hydrogen) atoms. The summed E-state index contributed by atoms with van der Waals surface area (Å²) in [6, 6.07) is 24.4. The van der Waals surface area contributed by atoms with Gasteiger partial charge in [-0.25, -0.2) is 4.79 Å². The van der Waals surface area contributed by atoms with Crippen LogP contribution in [-0.4, -0.2) is 48.4 Å². The van der Waals surface area contributed by atoms with Crippen LogP contribution in [0.3, 0.4) is 0 Å². The van der Waals surface area contributed by atoms with Crippen molar-refractivity contribution in [2.24, 2.45) is 0 Å². The van der Waals surface area contributed by atoms with Crippen LogP contribution in [0.2, 0.25) is 0 Å². The molecule has 0 saturated carbocycles. The third-order valence-corrected chi connectivity index (χ3v) is 6.36. The topological polar surface area (TPSA) is 114 Å². The van der Waals surface area contributed by atoms with E-state index in [-0.39, 0.29) is 32.1 Å². The van der Waals surface area contributed by atoms with Crippen molar-refractivity contribution in [3.8, 4) is 11.1 Å². The minimum absolute atomic E-state index is 0.0670. The first-order chi connectivity index (χ1) is 17.9. The summed E-state index contributed by atoms with van der Waals surface area (Å²) in [7, 11) is 0. The Morgan fingerprint density at radius 3 is 2.11 bits per heavy atom. The zero-order valence-corrected chi connectivity index (χ0v) is 20.6. The highest BCUT2D eigenvalue weighted by molar-refractivity contribution is 5.86. The van der Waals surface area contributed by atoms with Crippen LogP contribution in [0, 0.1) is 0 Å². The zero-order valence-electron chi connectivity index (χ0n) is 20.6. The molecule has 2 atom stereocenters. The average molecular weight is 503 g/mol. The molecule has 0 heterocycles. The van der Waals surface area contributed by atoms with Crippen molar-refractivity contribution in [3.05, 3.63) is 95.6 Å². The Balaban J connectivity index is 1.41. The Morgan fingerprint density at radius 2 is 1.49 bits per heavy atom. The van der Waals surface area contributed by atoms with Gasteiger partial charge in [0, 0.05) is 12.5 Å². The van der Waals surface area contributed by atoms with Crippen molar-refractivity contribution < 1.29 is 29.0 Å². The molecule has 0 radical (unpaired) electrons. The molecule has 3 aromatic rings. The number of rotatable bonds is 11. The van der Waals surface area contributed by atoms with Gasteiger partial charge in [-0.2, -0.15) is 0 Å². The lowest BCUT2D eigenvalue weighted by Crippen LogP contribution is -2.53. The molecule has 0 fully saturated rings. The smallest absolute Gasteiger partial charge is 0.407 e. The maximum atomic E-state index is 12.8. The van der Waals surface area contributed by atoms with Crippen LogP contribution < -0.4 is 10.6 Å². The first-order valence-electron chi connectivity index (χ1n) is 12.2. The monoisotopic (exact) mass is 502 g/mol. The molecule has 192 valence electrons. The Labute approximate surface area is 215 Å². The Morgan fingerprint density at radius 1 is 0.892 bits per heavy atom. The summed E-state index contributed by atoms with van der Waals surface area (Å²) in [6.45, 7) is 1.95. The molecular weight excluding hydrogens is 472 g/mol. The SMILES string of the molecule is C[C@H](OCc1ccccc1)[C@@H](NC(=O)OCC1c2ccccc2-c2ccccc21)C(=O)NCCC(=O)O. The molecule has 3 aromatic carbocycles. The first kappa shape index (κ1) is 25.9. The van der Waals surface area contributed by atoms with Crippen molar-refractivity contribution >= 4 is 18.0 Å². The predicted octanol–water partition coefficient (Wildman–Crippen LogP) is 4.09. The van der Waals surface area contributed by atoms with Crippen molar-refractivity contribution in [2.75, 3.05) is 13.2 Å². The van der Waals surface area contributed by atoms with Crippen LogP contribution in [0.1, 0.15) is 36.0 Å². The van der Waals surface area contributed by atoms with Crippen molar-refractivity contribution in [2.45, 2.75) is 38.0 Å². The van der Waals surface area contributed by atoms with E-state index in [2.05, 4.69) is 22.8 Å². The van der Waals surface area contributed by atoms with Gasteiger partial charge in [0.25, 0.3) is 0 Å². The van der Waals surface area contributed by atoms with E-state index in [9.17, 15) is 14.4 Å². The summed E-state index contributed by atoms with van der Waals surface area (Å²) in [6.07, 6.45) is -1.69. The zero-order chi connectivity index (χ0) is 26.2. The number of amides is 2. The maximum absolute atomic E-state index is 12.8. The molecule has 0 aliphatic heterocycles. The summed E-state index contributed by atoms with van der Waals surface area (Å²) in [5.41, 5.74) is 5.31. The van der Waals surface area contributed by atoms with Gasteiger partial charge in [-0.1, -0.05) is 78.9 Å². The number of carboxylic acids is 1. The Bertz CT molecular complexity index is 1200. The van der Waals surface area contributed by atoms with Crippen LogP contribution in [0.25, 0.3) is 11.1 Å². The number of alkyl carbamates (subject to hydrolysis) is 1. The minimum Gasteiger partial charge on any atom is -0.481 e. The van der Waals surface area contributed by atoms with Crippen molar-refractivity contribution in [1.29, 1.82) is 0 Å². The molecule has 0 spiro atoms. The van der Waals surface area contributed by atoms with E-state index < -0.39 is 30.1 Å². The van der Waals surface area contributed by atoms with Crippen LogP contribution in [0.4, 0.5) is 4.79 Å². The second-order valence-corrected chi connectivity index (χ2v) is 8.88. The van der Waals surface area contributed by atoms with Gasteiger partial charge in [0.2, 0.25) is 5.91 Å². The number of fused-ring (bicyclic) bond motifs is 3. The van der Waals surface area contributed by atoms with Gasteiger partial charge in [-0.05, 0) is 34.7 Å². The van der Waals surface area contributed by atoms with E-state index in [4.69, 9.17) is 14.6 Å². The number of hydrogen-bond acceptors (Lipinski definition) is 5. The van der Waals surface area contributed by atoms with E-state index in [0.29, 0.717) is 0 Å². The number of carbonyl (C=O) groups is 3. The number of carbonyl (C=O) groups excluding carboxylic acids is 2. The Hall–Kier alpha value is -4.17. The minimum atomic E-state index is -1.08. The number of benzene rings is 3. The lowest BCUT2D eigenvalue weighted by Gasteiger charge is -2.25. The molecule has 0 aromatic heterocycles. The predicted molar refractivity (Wildman–Crippen MR) is 138 cm³/mol. The van der Waals surface area contributed by atoms with Crippen LogP contribution in [0.15, 0.2) is 78.9 Å². The third kappa shape index (κ3) is 6.54. The number of aliphatic carboxylic acids is 1. The molecule has 0 bridgehead atoms. The molecule has 8 heteroatoms. The molecule has 0 unspecified atom stereocenters. The van der Waals surface area contributed by atoms with Gasteiger partial charge in [0.05, 0.1) is 19.1 Å². The molecular formula is C29H30N2O6. The largest absolute Gasteiger partial charge is 0.481 e. The molecule has 1 aliphatic carbocycles. The van der Waals surface area contributed by atoms with Crippen molar-refractivity contribution in [1.82, 2.24) is 10.6 Å². The highest BCUT2D eigenvalue weighted by Crippen LogP contribution is 2.44. The number of nitrogens with one attached hydrogen (secondary N) is 2. The Kier molecular flexibility index (Phi) is 8.53. The maximum Gasteiger partial charge on any atom is 0.407 e. The van der Waals surface area contributed by atoms with Crippen LogP contribution in [0.5, 0.6) is 0 Å².